The van der Waals surface area contributed by atoms with Gasteiger partial charge in [-0.15, -0.1) is 0 Å². The topological polar surface area (TPSA) is 12.9 Å². The van der Waals surface area contributed by atoms with Crippen LogP contribution < -0.4 is 0 Å². The number of alkyl halides is 1. The maximum absolute atomic E-state index is 4.27. The normalized spacial score (nSPS) is 11.7. The molecule has 0 saturated carbocycles. The van der Waals surface area contributed by atoms with Crippen LogP contribution >= 0.6 is 15.9 Å². The summed E-state index contributed by atoms with van der Waals surface area (Å²) in [6, 6.07) is 6.03. The van der Waals surface area contributed by atoms with Gasteiger partial charge in [-0.25, -0.2) is 0 Å². The second-order valence-corrected chi connectivity index (χ2v) is 3.82. The Morgan fingerprint density at radius 2 is 2.38 bits per heavy atom. The summed E-state index contributed by atoms with van der Waals surface area (Å²) in [5.74, 6) is 0. The van der Waals surface area contributed by atoms with E-state index in [-0.39, 0.29) is 0 Å². The predicted molar refractivity (Wildman–Crippen MR) is 60.1 cm³/mol. The molecule has 0 aliphatic rings. The highest BCUT2D eigenvalue weighted by Gasteiger charge is 1.93. The fourth-order valence-corrected chi connectivity index (χ4v) is 1.39. The number of pyridine rings is 1. The maximum Gasteiger partial charge on any atom is 0.0443 e. The molecule has 0 unspecified atom stereocenters. The van der Waals surface area contributed by atoms with Crippen molar-refractivity contribution in [1.29, 1.82) is 0 Å². The Kier molecular flexibility index (Phi) is 4.76. The smallest absolute Gasteiger partial charge is 0.0443 e. The Balaban J connectivity index is 2.50. The van der Waals surface area contributed by atoms with E-state index in [2.05, 4.69) is 40.0 Å². The standard InChI is InChI=1S/C11H14BrN/c1-10(5-4-7-12)9-11-6-2-3-8-13-11/h2-3,5-6,8H,4,7,9H2,1H3. The number of halogens is 1. The van der Waals surface area contributed by atoms with Gasteiger partial charge in [-0.3, -0.25) is 4.98 Å². The molecule has 1 nitrogen and oxygen atoms in total. The quantitative estimate of drug-likeness (QED) is 0.581. The maximum atomic E-state index is 4.27. The van der Waals surface area contributed by atoms with Crippen molar-refractivity contribution in [2.45, 2.75) is 19.8 Å². The first kappa shape index (κ1) is 10.5. The average molecular weight is 240 g/mol. The van der Waals surface area contributed by atoms with Gasteiger partial charge in [0.15, 0.2) is 0 Å². The number of allylic oxidation sites excluding steroid dienone is 2. The lowest BCUT2D eigenvalue weighted by Gasteiger charge is -1.99. The van der Waals surface area contributed by atoms with Gasteiger partial charge in [0, 0.05) is 23.6 Å². The molecule has 1 aromatic heterocycles. The molecule has 0 saturated heterocycles. The lowest BCUT2D eigenvalue weighted by Crippen LogP contribution is -1.90. The van der Waals surface area contributed by atoms with Crippen molar-refractivity contribution in [2.75, 3.05) is 5.33 Å². The molecule has 0 fully saturated rings. The second kappa shape index (κ2) is 5.92. The molecule has 0 N–H and O–H groups in total. The zero-order valence-corrected chi connectivity index (χ0v) is 9.42. The van der Waals surface area contributed by atoms with Crippen molar-refractivity contribution >= 4 is 15.9 Å². The van der Waals surface area contributed by atoms with Crippen LogP contribution in [0.15, 0.2) is 36.0 Å². The molecule has 0 amide bonds. The van der Waals surface area contributed by atoms with Crippen LogP contribution in [0.25, 0.3) is 0 Å². The Hall–Kier alpha value is -0.630. The third-order valence-electron chi connectivity index (χ3n) is 1.79. The number of nitrogens with zero attached hydrogens (tertiary/aromatic N) is 1. The molecule has 0 radical (unpaired) electrons. The van der Waals surface area contributed by atoms with Crippen LogP contribution in [0.2, 0.25) is 0 Å². The van der Waals surface area contributed by atoms with Crippen molar-refractivity contribution in [3.05, 3.63) is 41.7 Å². The molecule has 0 aliphatic heterocycles. The largest absolute Gasteiger partial charge is 0.261 e. The summed E-state index contributed by atoms with van der Waals surface area (Å²) < 4.78 is 0. The second-order valence-electron chi connectivity index (χ2n) is 3.03. The first-order valence-corrected chi connectivity index (χ1v) is 5.56. The van der Waals surface area contributed by atoms with E-state index < -0.39 is 0 Å². The van der Waals surface area contributed by atoms with Crippen LogP contribution in [0, 0.1) is 0 Å². The number of rotatable bonds is 4. The van der Waals surface area contributed by atoms with Crippen molar-refractivity contribution in [1.82, 2.24) is 4.98 Å². The zero-order valence-electron chi connectivity index (χ0n) is 7.83. The van der Waals surface area contributed by atoms with Crippen LogP contribution in [-0.2, 0) is 6.42 Å². The molecule has 0 spiro atoms. The molecule has 1 rings (SSSR count). The lowest BCUT2D eigenvalue weighted by atomic mass is 10.1. The summed E-state index contributed by atoms with van der Waals surface area (Å²) in [4.78, 5) is 4.27. The van der Waals surface area contributed by atoms with Gasteiger partial charge in [0.2, 0.25) is 0 Å². The van der Waals surface area contributed by atoms with E-state index in [9.17, 15) is 0 Å². The van der Waals surface area contributed by atoms with Gasteiger partial charge in [-0.05, 0) is 25.5 Å². The summed E-state index contributed by atoms with van der Waals surface area (Å²) in [6.45, 7) is 2.15. The van der Waals surface area contributed by atoms with Gasteiger partial charge in [0.1, 0.15) is 0 Å². The summed E-state index contributed by atoms with van der Waals surface area (Å²) in [5.41, 5.74) is 2.53. The minimum atomic E-state index is 0.966. The molecule has 0 aliphatic carbocycles. The van der Waals surface area contributed by atoms with Crippen molar-refractivity contribution in [3.8, 4) is 0 Å². The molecule has 0 bridgehead atoms. The molecular formula is C11H14BrN. The third-order valence-corrected chi connectivity index (χ3v) is 2.25. The Morgan fingerprint density at radius 1 is 1.54 bits per heavy atom. The number of hydrogen-bond acceptors (Lipinski definition) is 1. The molecule has 0 atom stereocenters. The Labute approximate surface area is 88.0 Å². The van der Waals surface area contributed by atoms with Gasteiger partial charge in [-0.1, -0.05) is 33.6 Å². The van der Waals surface area contributed by atoms with Crippen LogP contribution in [0.1, 0.15) is 19.0 Å². The third kappa shape index (κ3) is 4.23. The summed E-state index contributed by atoms with van der Waals surface area (Å²) >= 11 is 3.40. The van der Waals surface area contributed by atoms with Gasteiger partial charge in [0.25, 0.3) is 0 Å². The van der Waals surface area contributed by atoms with Gasteiger partial charge < -0.3 is 0 Å². The first-order chi connectivity index (χ1) is 6.33. The molecular weight excluding hydrogens is 226 g/mol. The zero-order chi connectivity index (χ0) is 9.52. The van der Waals surface area contributed by atoms with E-state index in [0.29, 0.717) is 0 Å². The van der Waals surface area contributed by atoms with Crippen molar-refractivity contribution < 1.29 is 0 Å². The highest BCUT2D eigenvalue weighted by atomic mass is 79.9. The summed E-state index contributed by atoms with van der Waals surface area (Å²) in [6.07, 6.45) is 6.16. The van der Waals surface area contributed by atoms with Crippen molar-refractivity contribution in [3.63, 3.8) is 0 Å². The summed E-state index contributed by atoms with van der Waals surface area (Å²) in [5, 5.41) is 1.03. The minimum absolute atomic E-state index is 0.966. The number of hydrogen-bond donors (Lipinski definition) is 0. The highest BCUT2D eigenvalue weighted by Crippen LogP contribution is 2.05. The van der Waals surface area contributed by atoms with Gasteiger partial charge in [-0.2, -0.15) is 0 Å². The predicted octanol–water partition coefficient (Wildman–Crippen LogP) is 3.36. The molecule has 1 aromatic rings. The van der Waals surface area contributed by atoms with Crippen LogP contribution in [0.4, 0.5) is 0 Å². The van der Waals surface area contributed by atoms with Crippen molar-refractivity contribution in [2.24, 2.45) is 0 Å². The van der Waals surface area contributed by atoms with E-state index in [1.807, 2.05) is 18.3 Å². The van der Waals surface area contributed by atoms with E-state index in [0.717, 1.165) is 23.9 Å². The minimum Gasteiger partial charge on any atom is -0.261 e. The Bertz CT molecular complexity index is 267. The van der Waals surface area contributed by atoms with Gasteiger partial charge in [0.05, 0.1) is 0 Å². The van der Waals surface area contributed by atoms with E-state index in [4.69, 9.17) is 0 Å². The van der Waals surface area contributed by atoms with Gasteiger partial charge >= 0.3 is 0 Å². The molecule has 13 heavy (non-hydrogen) atoms. The molecule has 70 valence electrons. The van der Waals surface area contributed by atoms with E-state index >= 15 is 0 Å². The molecule has 0 aromatic carbocycles. The van der Waals surface area contributed by atoms with Crippen LogP contribution in [0.5, 0.6) is 0 Å². The van der Waals surface area contributed by atoms with Crippen LogP contribution in [-0.4, -0.2) is 10.3 Å². The fraction of sp³-hybridized carbons (Fsp3) is 0.364. The summed E-state index contributed by atoms with van der Waals surface area (Å²) in [7, 11) is 0. The monoisotopic (exact) mass is 239 g/mol. The fourth-order valence-electron chi connectivity index (χ4n) is 1.16. The SMILES string of the molecule is CC(=CCCBr)Cc1ccccn1. The average Bonchev–Trinajstić information content (AvgIpc) is 2.16. The highest BCUT2D eigenvalue weighted by molar-refractivity contribution is 9.09. The first-order valence-electron chi connectivity index (χ1n) is 4.44. The lowest BCUT2D eigenvalue weighted by molar-refractivity contribution is 1.03. The van der Waals surface area contributed by atoms with Crippen LogP contribution in [0.3, 0.4) is 0 Å². The number of aromatic nitrogens is 1. The van der Waals surface area contributed by atoms with E-state index in [1.165, 1.54) is 5.57 Å². The van der Waals surface area contributed by atoms with E-state index in [1.54, 1.807) is 0 Å². The molecule has 1 heterocycles. The Morgan fingerprint density at radius 3 is 3.00 bits per heavy atom. The molecule has 2 heteroatoms.